The van der Waals surface area contributed by atoms with Gasteiger partial charge in [-0.2, -0.15) is 0 Å². The molecule has 86 valence electrons. The van der Waals surface area contributed by atoms with Crippen LogP contribution in [0.5, 0.6) is 0 Å². The van der Waals surface area contributed by atoms with E-state index in [-0.39, 0.29) is 5.91 Å². The van der Waals surface area contributed by atoms with Crippen molar-refractivity contribution in [3.63, 3.8) is 0 Å². The van der Waals surface area contributed by atoms with E-state index >= 15 is 0 Å². The molecule has 0 radical (unpaired) electrons. The van der Waals surface area contributed by atoms with Gasteiger partial charge in [-0.15, -0.1) is 0 Å². The fraction of sp³-hybridized carbons (Fsp3) is 0.727. The summed E-state index contributed by atoms with van der Waals surface area (Å²) < 4.78 is 0. The molecule has 1 rings (SSSR count). The Labute approximate surface area is 90.7 Å². The minimum atomic E-state index is -0.435. The fourth-order valence-electron chi connectivity index (χ4n) is 1.74. The number of carbonyl (C=O) groups is 1. The Kier molecular flexibility index (Phi) is 4.78. The van der Waals surface area contributed by atoms with Gasteiger partial charge in [0.1, 0.15) is 0 Å². The molecule has 4 nitrogen and oxygen atoms in total. The van der Waals surface area contributed by atoms with Crippen molar-refractivity contribution < 1.29 is 9.90 Å². The SMILES string of the molecule is C=C(C)C(=O)NCC(O)C1CCNCC1. The van der Waals surface area contributed by atoms with Crippen LogP contribution in [0, 0.1) is 5.92 Å². The van der Waals surface area contributed by atoms with Gasteiger partial charge in [-0.1, -0.05) is 6.58 Å². The molecule has 4 heteroatoms. The van der Waals surface area contributed by atoms with Crippen molar-refractivity contribution >= 4 is 5.91 Å². The molecule has 0 aliphatic carbocycles. The first-order valence-corrected chi connectivity index (χ1v) is 5.43. The summed E-state index contributed by atoms with van der Waals surface area (Å²) >= 11 is 0. The van der Waals surface area contributed by atoms with E-state index in [1.54, 1.807) is 6.92 Å². The van der Waals surface area contributed by atoms with E-state index in [1.807, 2.05) is 0 Å². The Morgan fingerprint density at radius 2 is 2.20 bits per heavy atom. The third-order valence-electron chi connectivity index (χ3n) is 2.79. The van der Waals surface area contributed by atoms with E-state index < -0.39 is 6.10 Å². The molecule has 1 unspecified atom stereocenters. The van der Waals surface area contributed by atoms with Gasteiger partial charge in [0.15, 0.2) is 0 Å². The third kappa shape index (κ3) is 4.01. The average Bonchev–Trinajstić information content (AvgIpc) is 2.26. The lowest BCUT2D eigenvalue weighted by Gasteiger charge is -2.27. The van der Waals surface area contributed by atoms with Gasteiger partial charge in [-0.25, -0.2) is 0 Å². The zero-order chi connectivity index (χ0) is 11.3. The van der Waals surface area contributed by atoms with Crippen LogP contribution in [0.4, 0.5) is 0 Å². The molecular weight excluding hydrogens is 192 g/mol. The largest absolute Gasteiger partial charge is 0.391 e. The van der Waals surface area contributed by atoms with Crippen LogP contribution in [-0.2, 0) is 4.79 Å². The summed E-state index contributed by atoms with van der Waals surface area (Å²) in [5.41, 5.74) is 0.479. The topological polar surface area (TPSA) is 61.4 Å². The first-order chi connectivity index (χ1) is 7.11. The summed E-state index contributed by atoms with van der Waals surface area (Å²) in [5, 5.41) is 15.7. The van der Waals surface area contributed by atoms with E-state index in [2.05, 4.69) is 17.2 Å². The summed E-state index contributed by atoms with van der Waals surface area (Å²) in [7, 11) is 0. The number of amides is 1. The Morgan fingerprint density at radius 1 is 1.60 bits per heavy atom. The van der Waals surface area contributed by atoms with E-state index in [0.29, 0.717) is 18.0 Å². The molecule has 1 saturated heterocycles. The monoisotopic (exact) mass is 212 g/mol. The van der Waals surface area contributed by atoms with Gasteiger partial charge in [-0.3, -0.25) is 4.79 Å². The Bertz CT molecular complexity index is 235. The van der Waals surface area contributed by atoms with Crippen molar-refractivity contribution in [2.75, 3.05) is 19.6 Å². The molecule has 1 heterocycles. The maximum absolute atomic E-state index is 11.2. The second-order valence-corrected chi connectivity index (χ2v) is 4.15. The van der Waals surface area contributed by atoms with Crippen molar-refractivity contribution in [2.24, 2.45) is 5.92 Å². The number of carbonyl (C=O) groups excluding carboxylic acids is 1. The van der Waals surface area contributed by atoms with Crippen LogP contribution in [0.15, 0.2) is 12.2 Å². The molecule has 1 aliphatic heterocycles. The highest BCUT2D eigenvalue weighted by molar-refractivity contribution is 5.92. The highest BCUT2D eigenvalue weighted by Crippen LogP contribution is 2.15. The highest BCUT2D eigenvalue weighted by atomic mass is 16.3. The van der Waals surface area contributed by atoms with Crippen molar-refractivity contribution in [1.29, 1.82) is 0 Å². The van der Waals surface area contributed by atoms with Crippen LogP contribution in [0.3, 0.4) is 0 Å². The van der Waals surface area contributed by atoms with E-state index in [9.17, 15) is 9.90 Å². The van der Waals surface area contributed by atoms with Crippen LogP contribution in [0.2, 0.25) is 0 Å². The number of rotatable bonds is 4. The summed E-state index contributed by atoms with van der Waals surface area (Å²) in [6.07, 6.45) is 1.52. The maximum atomic E-state index is 11.2. The van der Waals surface area contributed by atoms with Crippen molar-refractivity contribution in [2.45, 2.75) is 25.9 Å². The second-order valence-electron chi connectivity index (χ2n) is 4.15. The molecule has 15 heavy (non-hydrogen) atoms. The smallest absolute Gasteiger partial charge is 0.246 e. The average molecular weight is 212 g/mol. The third-order valence-corrected chi connectivity index (χ3v) is 2.79. The lowest BCUT2D eigenvalue weighted by molar-refractivity contribution is -0.118. The lowest BCUT2D eigenvalue weighted by atomic mass is 9.92. The van der Waals surface area contributed by atoms with E-state index in [1.165, 1.54) is 0 Å². The van der Waals surface area contributed by atoms with Crippen molar-refractivity contribution in [3.8, 4) is 0 Å². The normalized spacial score (nSPS) is 19.6. The van der Waals surface area contributed by atoms with Crippen LogP contribution in [0.1, 0.15) is 19.8 Å². The first kappa shape index (κ1) is 12.2. The van der Waals surface area contributed by atoms with Gasteiger partial charge in [-0.05, 0) is 38.8 Å². The van der Waals surface area contributed by atoms with Crippen LogP contribution in [-0.4, -0.2) is 36.8 Å². The molecule has 0 aromatic rings. The Morgan fingerprint density at radius 3 is 2.73 bits per heavy atom. The van der Waals surface area contributed by atoms with Gasteiger partial charge in [0.05, 0.1) is 6.10 Å². The zero-order valence-corrected chi connectivity index (χ0v) is 9.25. The number of nitrogens with one attached hydrogen (secondary N) is 2. The number of piperidine rings is 1. The molecular formula is C11H20N2O2. The molecule has 1 aliphatic rings. The minimum absolute atomic E-state index is 0.178. The van der Waals surface area contributed by atoms with Crippen molar-refractivity contribution in [1.82, 2.24) is 10.6 Å². The molecule has 1 amide bonds. The second kappa shape index (κ2) is 5.88. The van der Waals surface area contributed by atoms with Gasteiger partial charge < -0.3 is 15.7 Å². The molecule has 1 fully saturated rings. The van der Waals surface area contributed by atoms with Gasteiger partial charge in [0, 0.05) is 12.1 Å². The molecule has 0 bridgehead atoms. The first-order valence-electron chi connectivity index (χ1n) is 5.43. The standard InChI is InChI=1S/C11H20N2O2/c1-8(2)11(15)13-7-10(14)9-3-5-12-6-4-9/h9-10,12,14H,1,3-7H2,2H3,(H,13,15). The predicted molar refractivity (Wildman–Crippen MR) is 59.4 cm³/mol. The van der Waals surface area contributed by atoms with Gasteiger partial charge >= 0.3 is 0 Å². The quantitative estimate of drug-likeness (QED) is 0.577. The predicted octanol–water partition coefficient (Wildman–Crippen LogP) is 0.0392. The molecule has 0 spiro atoms. The summed E-state index contributed by atoms with van der Waals surface area (Å²) in [5.74, 6) is 0.125. The maximum Gasteiger partial charge on any atom is 0.246 e. The lowest BCUT2D eigenvalue weighted by Crippen LogP contribution is -2.40. The highest BCUT2D eigenvalue weighted by Gasteiger charge is 2.21. The fourth-order valence-corrected chi connectivity index (χ4v) is 1.74. The van der Waals surface area contributed by atoms with Crippen LogP contribution >= 0.6 is 0 Å². The van der Waals surface area contributed by atoms with E-state index in [0.717, 1.165) is 25.9 Å². The molecule has 1 atom stereocenters. The molecule has 0 aromatic heterocycles. The van der Waals surface area contributed by atoms with Gasteiger partial charge in [0.25, 0.3) is 0 Å². The zero-order valence-electron chi connectivity index (χ0n) is 9.25. The summed E-state index contributed by atoms with van der Waals surface area (Å²) in [4.78, 5) is 11.2. The summed E-state index contributed by atoms with van der Waals surface area (Å²) in [6.45, 7) is 7.44. The number of aliphatic hydroxyl groups is 1. The van der Waals surface area contributed by atoms with Crippen molar-refractivity contribution in [3.05, 3.63) is 12.2 Å². The molecule has 3 N–H and O–H groups in total. The number of hydrogen-bond acceptors (Lipinski definition) is 3. The van der Waals surface area contributed by atoms with E-state index in [4.69, 9.17) is 0 Å². The Hall–Kier alpha value is -0.870. The van der Waals surface area contributed by atoms with Gasteiger partial charge in [0.2, 0.25) is 5.91 Å². The van der Waals surface area contributed by atoms with Crippen LogP contribution in [0.25, 0.3) is 0 Å². The Balaban J connectivity index is 2.25. The minimum Gasteiger partial charge on any atom is -0.391 e. The number of aliphatic hydroxyl groups excluding tert-OH is 1. The number of hydrogen-bond donors (Lipinski definition) is 3. The molecule has 0 aromatic carbocycles. The van der Waals surface area contributed by atoms with Crippen LogP contribution < -0.4 is 10.6 Å². The summed E-state index contributed by atoms with van der Waals surface area (Å²) in [6, 6.07) is 0. The molecule has 0 saturated carbocycles.